The Morgan fingerprint density at radius 2 is 2.06 bits per heavy atom. The van der Waals surface area contributed by atoms with E-state index in [1.807, 2.05) is 18.2 Å². The van der Waals surface area contributed by atoms with E-state index in [0.29, 0.717) is 0 Å². The zero-order valence-electron chi connectivity index (χ0n) is 10.4. The predicted molar refractivity (Wildman–Crippen MR) is 75.6 cm³/mol. The molecule has 3 nitrogen and oxygen atoms in total. The van der Waals surface area contributed by atoms with Crippen LogP contribution in [0.15, 0.2) is 30.8 Å². The average molecular weight is 260 g/mol. The molecule has 0 fully saturated rings. The SMILES string of the molecule is C=Cc1ccc(-c2nnc(CCCOC)s2)cc1. The first-order valence-corrected chi connectivity index (χ1v) is 6.69. The fourth-order valence-corrected chi connectivity index (χ4v) is 2.49. The van der Waals surface area contributed by atoms with Gasteiger partial charge in [-0.1, -0.05) is 48.3 Å². The molecule has 0 saturated heterocycles. The molecule has 0 bridgehead atoms. The molecule has 0 aliphatic rings. The maximum atomic E-state index is 5.03. The molecule has 0 aliphatic carbocycles. The Morgan fingerprint density at radius 3 is 2.72 bits per heavy atom. The first-order chi connectivity index (χ1) is 8.83. The number of nitrogens with zero attached hydrogens (tertiary/aromatic N) is 2. The van der Waals surface area contributed by atoms with E-state index in [0.717, 1.165) is 40.6 Å². The highest BCUT2D eigenvalue weighted by Gasteiger charge is 2.06. The van der Waals surface area contributed by atoms with E-state index < -0.39 is 0 Å². The van der Waals surface area contributed by atoms with E-state index in [4.69, 9.17) is 4.74 Å². The second-order valence-corrected chi connectivity index (χ2v) is 4.99. The van der Waals surface area contributed by atoms with Gasteiger partial charge in [-0.3, -0.25) is 0 Å². The lowest BCUT2D eigenvalue weighted by Crippen LogP contribution is -1.91. The predicted octanol–water partition coefficient (Wildman–Crippen LogP) is 3.43. The number of methoxy groups -OCH3 is 1. The molecule has 94 valence electrons. The average Bonchev–Trinajstić information content (AvgIpc) is 2.88. The van der Waals surface area contributed by atoms with Gasteiger partial charge in [0.25, 0.3) is 0 Å². The minimum absolute atomic E-state index is 0.767. The van der Waals surface area contributed by atoms with Crippen molar-refractivity contribution >= 4 is 17.4 Å². The minimum Gasteiger partial charge on any atom is -0.385 e. The van der Waals surface area contributed by atoms with E-state index in [9.17, 15) is 0 Å². The second-order valence-electron chi connectivity index (χ2n) is 3.92. The molecule has 2 aromatic rings. The maximum Gasteiger partial charge on any atom is 0.147 e. The van der Waals surface area contributed by atoms with Crippen LogP contribution in [0.3, 0.4) is 0 Å². The summed E-state index contributed by atoms with van der Waals surface area (Å²) in [5.74, 6) is 0. The van der Waals surface area contributed by atoms with Crippen molar-refractivity contribution in [3.63, 3.8) is 0 Å². The summed E-state index contributed by atoms with van der Waals surface area (Å²) < 4.78 is 5.03. The van der Waals surface area contributed by atoms with Gasteiger partial charge in [0, 0.05) is 25.7 Å². The lowest BCUT2D eigenvalue weighted by Gasteiger charge is -1.96. The molecule has 1 heterocycles. The van der Waals surface area contributed by atoms with Crippen LogP contribution in [0, 0.1) is 0 Å². The molecule has 0 spiro atoms. The number of aryl methyl sites for hydroxylation is 1. The molecule has 4 heteroatoms. The Labute approximate surface area is 111 Å². The van der Waals surface area contributed by atoms with Gasteiger partial charge in [-0.15, -0.1) is 10.2 Å². The van der Waals surface area contributed by atoms with Gasteiger partial charge in [-0.2, -0.15) is 0 Å². The Bertz CT molecular complexity index is 505. The molecule has 0 N–H and O–H groups in total. The molecular weight excluding hydrogens is 244 g/mol. The molecule has 0 radical (unpaired) electrons. The van der Waals surface area contributed by atoms with Crippen molar-refractivity contribution in [2.75, 3.05) is 13.7 Å². The van der Waals surface area contributed by atoms with Crippen molar-refractivity contribution in [3.05, 3.63) is 41.4 Å². The number of aromatic nitrogens is 2. The van der Waals surface area contributed by atoms with E-state index in [1.165, 1.54) is 0 Å². The Kier molecular flexibility index (Phi) is 4.61. The monoisotopic (exact) mass is 260 g/mol. The van der Waals surface area contributed by atoms with Crippen LogP contribution in [-0.2, 0) is 11.2 Å². The molecule has 0 saturated carbocycles. The molecule has 1 aromatic carbocycles. The van der Waals surface area contributed by atoms with Gasteiger partial charge in [-0.25, -0.2) is 0 Å². The fraction of sp³-hybridized carbons (Fsp3) is 0.286. The first-order valence-electron chi connectivity index (χ1n) is 5.87. The van der Waals surface area contributed by atoms with Crippen molar-refractivity contribution in [3.8, 4) is 10.6 Å². The maximum absolute atomic E-state index is 5.03. The Balaban J connectivity index is 2.06. The summed E-state index contributed by atoms with van der Waals surface area (Å²) in [5, 5.41) is 10.5. The first kappa shape index (κ1) is 12.9. The molecule has 2 rings (SSSR count). The normalized spacial score (nSPS) is 10.5. The quantitative estimate of drug-likeness (QED) is 0.746. The van der Waals surface area contributed by atoms with E-state index in [2.05, 4.69) is 28.9 Å². The molecule has 0 atom stereocenters. The van der Waals surface area contributed by atoms with Crippen LogP contribution in [0.5, 0.6) is 0 Å². The van der Waals surface area contributed by atoms with Crippen LogP contribution in [0.25, 0.3) is 16.6 Å². The van der Waals surface area contributed by atoms with Gasteiger partial charge < -0.3 is 4.74 Å². The molecule has 0 aliphatic heterocycles. The summed E-state index contributed by atoms with van der Waals surface area (Å²) >= 11 is 1.65. The van der Waals surface area contributed by atoms with Crippen molar-refractivity contribution in [2.45, 2.75) is 12.8 Å². The zero-order valence-corrected chi connectivity index (χ0v) is 11.2. The van der Waals surface area contributed by atoms with Gasteiger partial charge in [0.2, 0.25) is 0 Å². The molecule has 1 aromatic heterocycles. The molecule has 0 amide bonds. The Hall–Kier alpha value is -1.52. The summed E-state index contributed by atoms with van der Waals surface area (Å²) in [6.45, 7) is 4.51. The van der Waals surface area contributed by atoms with E-state index in [1.54, 1.807) is 18.4 Å². The van der Waals surface area contributed by atoms with E-state index in [-0.39, 0.29) is 0 Å². The smallest absolute Gasteiger partial charge is 0.147 e. The van der Waals surface area contributed by atoms with Gasteiger partial charge in [0.1, 0.15) is 10.0 Å². The fourth-order valence-electron chi connectivity index (χ4n) is 1.60. The third kappa shape index (κ3) is 3.24. The summed E-state index contributed by atoms with van der Waals surface area (Å²) in [5.41, 5.74) is 2.22. The van der Waals surface area contributed by atoms with Crippen molar-refractivity contribution in [2.24, 2.45) is 0 Å². The van der Waals surface area contributed by atoms with Gasteiger partial charge >= 0.3 is 0 Å². The zero-order chi connectivity index (χ0) is 12.8. The van der Waals surface area contributed by atoms with Crippen LogP contribution in [0.4, 0.5) is 0 Å². The van der Waals surface area contributed by atoms with Gasteiger partial charge in [-0.05, 0) is 12.0 Å². The highest BCUT2D eigenvalue weighted by Crippen LogP contribution is 2.24. The van der Waals surface area contributed by atoms with Crippen molar-refractivity contribution in [1.29, 1.82) is 0 Å². The number of hydrogen-bond donors (Lipinski definition) is 0. The number of rotatable bonds is 6. The highest BCUT2D eigenvalue weighted by molar-refractivity contribution is 7.14. The van der Waals surface area contributed by atoms with Crippen molar-refractivity contribution < 1.29 is 4.74 Å². The van der Waals surface area contributed by atoms with Crippen LogP contribution >= 0.6 is 11.3 Å². The molecular formula is C14H16N2OS. The van der Waals surface area contributed by atoms with Gasteiger partial charge in [0.15, 0.2) is 0 Å². The standard InChI is InChI=1S/C14H16N2OS/c1-3-11-6-8-12(9-7-11)14-16-15-13(18-14)5-4-10-17-2/h3,6-9H,1,4-5,10H2,2H3. The van der Waals surface area contributed by atoms with Crippen LogP contribution in [0.2, 0.25) is 0 Å². The second kappa shape index (κ2) is 6.42. The van der Waals surface area contributed by atoms with Crippen LogP contribution in [-0.4, -0.2) is 23.9 Å². The van der Waals surface area contributed by atoms with Gasteiger partial charge in [0.05, 0.1) is 0 Å². The summed E-state index contributed by atoms with van der Waals surface area (Å²) in [7, 11) is 1.71. The number of ether oxygens (including phenoxy) is 1. The number of hydrogen-bond acceptors (Lipinski definition) is 4. The molecule has 18 heavy (non-hydrogen) atoms. The summed E-state index contributed by atoms with van der Waals surface area (Å²) in [6.07, 6.45) is 3.75. The molecule has 0 unspecified atom stereocenters. The highest BCUT2D eigenvalue weighted by atomic mass is 32.1. The summed E-state index contributed by atoms with van der Waals surface area (Å²) in [4.78, 5) is 0. The van der Waals surface area contributed by atoms with Crippen molar-refractivity contribution in [1.82, 2.24) is 10.2 Å². The summed E-state index contributed by atoms with van der Waals surface area (Å²) in [6, 6.07) is 8.18. The number of benzene rings is 1. The van der Waals surface area contributed by atoms with E-state index >= 15 is 0 Å². The topological polar surface area (TPSA) is 35.0 Å². The third-order valence-electron chi connectivity index (χ3n) is 2.60. The third-order valence-corrected chi connectivity index (χ3v) is 3.63. The lowest BCUT2D eigenvalue weighted by molar-refractivity contribution is 0.195. The Morgan fingerprint density at radius 1 is 1.28 bits per heavy atom. The minimum atomic E-state index is 0.767. The van der Waals surface area contributed by atoms with Crippen LogP contribution in [0.1, 0.15) is 17.0 Å². The lowest BCUT2D eigenvalue weighted by atomic mass is 10.1. The van der Waals surface area contributed by atoms with Crippen LogP contribution < -0.4 is 0 Å². The largest absolute Gasteiger partial charge is 0.385 e.